The molecule has 4 nitrogen and oxygen atoms in total. The number of rotatable bonds is 5. The summed E-state index contributed by atoms with van der Waals surface area (Å²) >= 11 is 1.82. The normalized spacial score (nSPS) is 19.4. The second-order valence-corrected chi connectivity index (χ2v) is 7.27. The van der Waals surface area contributed by atoms with Crippen LogP contribution in [0.3, 0.4) is 0 Å². The number of hydrogen-bond donors (Lipinski definition) is 2. The van der Waals surface area contributed by atoms with E-state index in [9.17, 15) is 9.59 Å². The Morgan fingerprint density at radius 2 is 1.95 bits per heavy atom. The summed E-state index contributed by atoms with van der Waals surface area (Å²) in [5, 5.41) is 6.20. The van der Waals surface area contributed by atoms with Gasteiger partial charge in [0.05, 0.1) is 6.04 Å². The van der Waals surface area contributed by atoms with E-state index in [1.807, 2.05) is 30.8 Å². The monoisotopic (exact) mass is 306 g/mol. The summed E-state index contributed by atoms with van der Waals surface area (Å²) in [6.07, 6.45) is 1.02. The number of hydrogen-bond acceptors (Lipinski definition) is 3. The molecule has 1 aliphatic heterocycles. The molecule has 0 spiro atoms. The lowest BCUT2D eigenvalue weighted by molar-refractivity contribution is -0.126. The molecular formula is C16H22N2O2S. The van der Waals surface area contributed by atoms with Crippen LogP contribution in [0, 0.1) is 0 Å². The van der Waals surface area contributed by atoms with Crippen LogP contribution in [0.5, 0.6) is 0 Å². The summed E-state index contributed by atoms with van der Waals surface area (Å²) in [4.78, 5) is 24.4. The highest BCUT2D eigenvalue weighted by molar-refractivity contribution is 7.99. The standard InChI is InChI=1S/C16H22N2O2S/c1-10(2)21-13-6-4-12(5-7-13)11(3)17-16(20)14-8-9-15(19)18-14/h4-7,10-11,14H,8-9H2,1-3H3,(H,17,20)(H,18,19)/t11-,14-/m1/s1. The molecule has 114 valence electrons. The van der Waals surface area contributed by atoms with E-state index >= 15 is 0 Å². The minimum absolute atomic E-state index is 0.0436. The molecule has 1 fully saturated rings. The third kappa shape index (κ3) is 4.49. The minimum atomic E-state index is -0.379. The Labute approximate surface area is 130 Å². The fourth-order valence-corrected chi connectivity index (χ4v) is 3.15. The van der Waals surface area contributed by atoms with E-state index in [0.717, 1.165) is 5.56 Å². The number of benzene rings is 1. The average molecular weight is 306 g/mol. The Morgan fingerprint density at radius 1 is 1.29 bits per heavy atom. The smallest absolute Gasteiger partial charge is 0.243 e. The van der Waals surface area contributed by atoms with Crippen molar-refractivity contribution in [3.8, 4) is 0 Å². The molecule has 2 rings (SSSR count). The summed E-state index contributed by atoms with van der Waals surface area (Å²) in [5.41, 5.74) is 1.07. The fourth-order valence-electron chi connectivity index (χ4n) is 2.32. The van der Waals surface area contributed by atoms with Gasteiger partial charge in [-0.3, -0.25) is 9.59 Å². The van der Waals surface area contributed by atoms with E-state index < -0.39 is 0 Å². The van der Waals surface area contributed by atoms with Gasteiger partial charge in [0.25, 0.3) is 0 Å². The topological polar surface area (TPSA) is 58.2 Å². The lowest BCUT2D eigenvalue weighted by atomic mass is 10.1. The molecule has 0 radical (unpaired) electrons. The molecule has 0 bridgehead atoms. The van der Waals surface area contributed by atoms with Crippen LogP contribution in [0.4, 0.5) is 0 Å². The summed E-state index contributed by atoms with van der Waals surface area (Å²) in [5.74, 6) is -0.146. The van der Waals surface area contributed by atoms with Gasteiger partial charge in [0.1, 0.15) is 6.04 Å². The molecule has 1 aromatic rings. The predicted molar refractivity (Wildman–Crippen MR) is 85.2 cm³/mol. The molecule has 2 amide bonds. The van der Waals surface area contributed by atoms with Gasteiger partial charge in [0.2, 0.25) is 11.8 Å². The summed E-state index contributed by atoms with van der Waals surface area (Å²) in [6, 6.07) is 7.81. The van der Waals surface area contributed by atoms with E-state index in [0.29, 0.717) is 18.1 Å². The Bertz CT molecular complexity index is 514. The first kappa shape index (κ1) is 15.9. The van der Waals surface area contributed by atoms with Gasteiger partial charge in [0.15, 0.2) is 0 Å². The van der Waals surface area contributed by atoms with Gasteiger partial charge in [-0.1, -0.05) is 26.0 Å². The molecule has 1 aromatic carbocycles. The van der Waals surface area contributed by atoms with Crippen molar-refractivity contribution in [1.82, 2.24) is 10.6 Å². The van der Waals surface area contributed by atoms with Crippen molar-refractivity contribution in [1.29, 1.82) is 0 Å². The van der Waals surface area contributed by atoms with Crippen molar-refractivity contribution >= 4 is 23.6 Å². The van der Waals surface area contributed by atoms with Gasteiger partial charge in [-0.15, -0.1) is 11.8 Å². The number of carbonyl (C=O) groups excluding carboxylic acids is 2. The Morgan fingerprint density at radius 3 is 2.48 bits per heavy atom. The van der Waals surface area contributed by atoms with Crippen LogP contribution < -0.4 is 10.6 Å². The lowest BCUT2D eigenvalue weighted by Gasteiger charge is -2.18. The maximum Gasteiger partial charge on any atom is 0.243 e. The Hall–Kier alpha value is -1.49. The second-order valence-electron chi connectivity index (χ2n) is 5.62. The van der Waals surface area contributed by atoms with Crippen molar-refractivity contribution in [2.45, 2.75) is 55.8 Å². The van der Waals surface area contributed by atoms with Crippen molar-refractivity contribution in [3.05, 3.63) is 29.8 Å². The molecule has 21 heavy (non-hydrogen) atoms. The lowest BCUT2D eigenvalue weighted by Crippen LogP contribution is -2.42. The largest absolute Gasteiger partial charge is 0.348 e. The number of nitrogens with one attached hydrogen (secondary N) is 2. The van der Waals surface area contributed by atoms with Gasteiger partial charge in [0, 0.05) is 16.6 Å². The van der Waals surface area contributed by atoms with Gasteiger partial charge in [-0.25, -0.2) is 0 Å². The van der Waals surface area contributed by atoms with Gasteiger partial charge < -0.3 is 10.6 Å². The SMILES string of the molecule is CC(C)Sc1ccc([C@@H](C)NC(=O)[C@H]2CCC(=O)N2)cc1. The molecule has 1 aliphatic rings. The molecule has 0 unspecified atom stereocenters. The van der Waals surface area contributed by atoms with E-state index in [4.69, 9.17) is 0 Å². The zero-order valence-corrected chi connectivity index (χ0v) is 13.5. The average Bonchev–Trinajstić information content (AvgIpc) is 2.85. The third-order valence-corrected chi connectivity index (χ3v) is 4.44. The zero-order chi connectivity index (χ0) is 15.4. The van der Waals surface area contributed by atoms with Crippen LogP contribution >= 0.6 is 11.8 Å². The minimum Gasteiger partial charge on any atom is -0.348 e. The first-order valence-corrected chi connectivity index (χ1v) is 8.20. The summed E-state index contributed by atoms with van der Waals surface area (Å²) in [6.45, 7) is 6.29. The van der Waals surface area contributed by atoms with E-state index in [1.54, 1.807) is 0 Å². The van der Waals surface area contributed by atoms with E-state index in [1.165, 1.54) is 4.90 Å². The number of carbonyl (C=O) groups is 2. The maximum atomic E-state index is 12.1. The van der Waals surface area contributed by atoms with E-state index in [2.05, 4.69) is 36.6 Å². The highest BCUT2D eigenvalue weighted by Crippen LogP contribution is 2.24. The Kier molecular flexibility index (Phi) is 5.28. The first-order chi connectivity index (χ1) is 9.95. The molecular weight excluding hydrogens is 284 g/mol. The first-order valence-electron chi connectivity index (χ1n) is 7.32. The fraction of sp³-hybridized carbons (Fsp3) is 0.500. The van der Waals surface area contributed by atoms with Crippen molar-refractivity contribution < 1.29 is 9.59 Å². The van der Waals surface area contributed by atoms with Crippen LogP contribution in [0.1, 0.15) is 45.2 Å². The maximum absolute atomic E-state index is 12.1. The zero-order valence-electron chi connectivity index (χ0n) is 12.7. The third-order valence-electron chi connectivity index (χ3n) is 3.42. The van der Waals surface area contributed by atoms with Crippen molar-refractivity contribution in [2.75, 3.05) is 0 Å². The van der Waals surface area contributed by atoms with Crippen molar-refractivity contribution in [3.63, 3.8) is 0 Å². The highest BCUT2D eigenvalue weighted by atomic mass is 32.2. The van der Waals surface area contributed by atoms with E-state index in [-0.39, 0.29) is 23.9 Å². The van der Waals surface area contributed by atoms with Crippen LogP contribution in [0.25, 0.3) is 0 Å². The second kappa shape index (κ2) is 6.98. The summed E-state index contributed by atoms with van der Waals surface area (Å²) in [7, 11) is 0. The van der Waals surface area contributed by atoms with Gasteiger partial charge in [-0.05, 0) is 31.0 Å². The molecule has 0 saturated carbocycles. The van der Waals surface area contributed by atoms with Crippen molar-refractivity contribution in [2.24, 2.45) is 0 Å². The molecule has 2 N–H and O–H groups in total. The highest BCUT2D eigenvalue weighted by Gasteiger charge is 2.27. The van der Waals surface area contributed by atoms with Crippen LogP contribution in [-0.4, -0.2) is 23.1 Å². The Balaban J connectivity index is 1.92. The molecule has 0 aliphatic carbocycles. The van der Waals surface area contributed by atoms with Gasteiger partial charge in [-0.2, -0.15) is 0 Å². The van der Waals surface area contributed by atoms with Crippen LogP contribution in [0.15, 0.2) is 29.2 Å². The van der Waals surface area contributed by atoms with Gasteiger partial charge >= 0.3 is 0 Å². The quantitative estimate of drug-likeness (QED) is 0.822. The molecule has 1 saturated heterocycles. The number of thioether (sulfide) groups is 1. The summed E-state index contributed by atoms with van der Waals surface area (Å²) < 4.78 is 0. The molecule has 2 atom stereocenters. The van der Waals surface area contributed by atoms with Crippen LogP contribution in [0.2, 0.25) is 0 Å². The molecule has 0 aromatic heterocycles. The number of amides is 2. The molecule has 5 heteroatoms. The molecule has 1 heterocycles. The van der Waals surface area contributed by atoms with Crippen LogP contribution in [-0.2, 0) is 9.59 Å². The predicted octanol–water partition coefficient (Wildman–Crippen LogP) is 2.64.